The second-order valence-corrected chi connectivity index (χ2v) is 5.16. The van der Waals surface area contributed by atoms with Crippen molar-refractivity contribution in [3.05, 3.63) is 69.8 Å². The minimum Gasteiger partial charge on any atom is -0.378 e. The Morgan fingerprint density at radius 1 is 0.958 bits per heavy atom. The Kier molecular flexibility index (Phi) is 5.10. The first-order valence-electron chi connectivity index (χ1n) is 7.01. The standard InChI is InChI=1S/C16H16N4O4/c1-19(2)13-8-6-11(7-9-13)15(21)17-18-16(22)12-4-3-5-14(10-12)20(23)24/h3-10H,1-2H3,(H,17,21)(H,18,22). The molecule has 0 atom stereocenters. The van der Waals surface area contributed by atoms with Gasteiger partial charge < -0.3 is 4.90 Å². The van der Waals surface area contributed by atoms with Gasteiger partial charge in [0.05, 0.1) is 4.92 Å². The topological polar surface area (TPSA) is 105 Å². The highest BCUT2D eigenvalue weighted by Gasteiger charge is 2.13. The predicted octanol–water partition coefficient (Wildman–Crippen LogP) is 1.74. The van der Waals surface area contributed by atoms with Gasteiger partial charge in [0.25, 0.3) is 17.5 Å². The molecule has 0 fully saturated rings. The summed E-state index contributed by atoms with van der Waals surface area (Å²) in [6.07, 6.45) is 0. The third-order valence-corrected chi connectivity index (χ3v) is 3.25. The molecule has 0 aliphatic heterocycles. The van der Waals surface area contributed by atoms with Crippen molar-refractivity contribution in [2.45, 2.75) is 0 Å². The number of hydrazine groups is 1. The zero-order valence-electron chi connectivity index (χ0n) is 13.1. The minimum atomic E-state index is -0.642. The number of carbonyl (C=O) groups excluding carboxylic acids is 2. The first-order valence-corrected chi connectivity index (χ1v) is 7.01. The average molecular weight is 328 g/mol. The number of hydrogen-bond acceptors (Lipinski definition) is 5. The monoisotopic (exact) mass is 328 g/mol. The first-order chi connectivity index (χ1) is 11.4. The van der Waals surface area contributed by atoms with E-state index in [2.05, 4.69) is 10.9 Å². The highest BCUT2D eigenvalue weighted by molar-refractivity contribution is 5.99. The van der Waals surface area contributed by atoms with Crippen LogP contribution in [-0.2, 0) is 0 Å². The molecule has 0 spiro atoms. The quantitative estimate of drug-likeness (QED) is 0.657. The summed E-state index contributed by atoms with van der Waals surface area (Å²) in [5.74, 6) is -1.13. The number of anilines is 1. The molecular weight excluding hydrogens is 312 g/mol. The normalized spacial score (nSPS) is 9.92. The molecule has 0 aromatic heterocycles. The molecule has 2 amide bonds. The van der Waals surface area contributed by atoms with E-state index in [9.17, 15) is 19.7 Å². The smallest absolute Gasteiger partial charge is 0.270 e. The fraction of sp³-hybridized carbons (Fsp3) is 0.125. The molecular formula is C16H16N4O4. The highest BCUT2D eigenvalue weighted by atomic mass is 16.6. The van der Waals surface area contributed by atoms with Gasteiger partial charge in [-0.3, -0.25) is 30.6 Å². The van der Waals surface area contributed by atoms with Crippen molar-refractivity contribution >= 4 is 23.2 Å². The van der Waals surface area contributed by atoms with Gasteiger partial charge >= 0.3 is 0 Å². The summed E-state index contributed by atoms with van der Waals surface area (Å²) in [7, 11) is 3.77. The van der Waals surface area contributed by atoms with Gasteiger partial charge in [-0.05, 0) is 30.3 Å². The molecule has 2 aromatic rings. The van der Waals surface area contributed by atoms with Crippen LogP contribution in [0.4, 0.5) is 11.4 Å². The molecule has 0 unspecified atom stereocenters. The molecule has 0 aliphatic carbocycles. The lowest BCUT2D eigenvalue weighted by atomic mass is 10.2. The molecule has 124 valence electrons. The molecule has 2 aromatic carbocycles. The van der Waals surface area contributed by atoms with Crippen molar-refractivity contribution in [1.29, 1.82) is 0 Å². The lowest BCUT2D eigenvalue weighted by Crippen LogP contribution is -2.41. The molecule has 2 N–H and O–H groups in total. The summed E-state index contributed by atoms with van der Waals surface area (Å²) in [6.45, 7) is 0. The first kappa shape index (κ1) is 16.9. The lowest BCUT2D eigenvalue weighted by molar-refractivity contribution is -0.384. The van der Waals surface area contributed by atoms with E-state index >= 15 is 0 Å². The van der Waals surface area contributed by atoms with Crippen LogP contribution in [0.2, 0.25) is 0 Å². The van der Waals surface area contributed by atoms with E-state index in [0.29, 0.717) is 5.56 Å². The van der Waals surface area contributed by atoms with Crippen LogP contribution in [0.25, 0.3) is 0 Å². The number of benzene rings is 2. The van der Waals surface area contributed by atoms with Gasteiger partial charge in [-0.15, -0.1) is 0 Å². The minimum absolute atomic E-state index is 0.0763. The van der Waals surface area contributed by atoms with E-state index in [1.165, 1.54) is 18.2 Å². The lowest BCUT2D eigenvalue weighted by Gasteiger charge is -2.12. The number of nitrogens with zero attached hydrogens (tertiary/aromatic N) is 2. The van der Waals surface area contributed by atoms with Gasteiger partial charge in [-0.25, -0.2) is 0 Å². The summed E-state index contributed by atoms with van der Waals surface area (Å²) < 4.78 is 0. The van der Waals surface area contributed by atoms with Crippen molar-refractivity contribution in [2.24, 2.45) is 0 Å². The van der Waals surface area contributed by atoms with Gasteiger partial charge in [-0.2, -0.15) is 0 Å². The second-order valence-electron chi connectivity index (χ2n) is 5.16. The van der Waals surface area contributed by atoms with Crippen molar-refractivity contribution in [3.63, 3.8) is 0 Å². The number of nitro groups is 1. The number of amides is 2. The fourth-order valence-electron chi connectivity index (χ4n) is 1.93. The summed E-state index contributed by atoms with van der Waals surface area (Å²) in [4.78, 5) is 35.9. The Morgan fingerprint density at radius 3 is 2.08 bits per heavy atom. The molecule has 0 saturated heterocycles. The molecule has 0 bridgehead atoms. The van der Waals surface area contributed by atoms with Crippen LogP contribution < -0.4 is 15.8 Å². The van der Waals surface area contributed by atoms with Crippen molar-refractivity contribution < 1.29 is 14.5 Å². The van der Waals surface area contributed by atoms with E-state index < -0.39 is 16.7 Å². The SMILES string of the molecule is CN(C)c1ccc(C(=O)NNC(=O)c2cccc([N+](=O)[O-])c2)cc1. The fourth-order valence-corrected chi connectivity index (χ4v) is 1.93. The van der Waals surface area contributed by atoms with Crippen LogP contribution in [0.5, 0.6) is 0 Å². The summed E-state index contributed by atoms with van der Waals surface area (Å²) in [6, 6.07) is 12.0. The van der Waals surface area contributed by atoms with Crippen LogP contribution in [0.15, 0.2) is 48.5 Å². The number of rotatable bonds is 4. The average Bonchev–Trinajstić information content (AvgIpc) is 2.59. The second kappa shape index (κ2) is 7.23. The van der Waals surface area contributed by atoms with Gasteiger partial charge in [-0.1, -0.05) is 6.07 Å². The van der Waals surface area contributed by atoms with Gasteiger partial charge in [0.15, 0.2) is 0 Å². The van der Waals surface area contributed by atoms with Gasteiger partial charge in [0, 0.05) is 43.0 Å². The number of nitro benzene ring substituents is 1. The molecule has 0 radical (unpaired) electrons. The van der Waals surface area contributed by atoms with Crippen molar-refractivity contribution in [2.75, 3.05) is 19.0 Å². The summed E-state index contributed by atoms with van der Waals surface area (Å²) in [5, 5.41) is 10.7. The number of hydrogen-bond donors (Lipinski definition) is 2. The van der Waals surface area contributed by atoms with Gasteiger partial charge in [0.2, 0.25) is 0 Å². The number of non-ortho nitro benzene ring substituents is 1. The van der Waals surface area contributed by atoms with Crippen LogP contribution in [0.3, 0.4) is 0 Å². The molecule has 8 heteroatoms. The van der Waals surface area contributed by atoms with E-state index in [1.54, 1.807) is 24.3 Å². The molecule has 0 saturated carbocycles. The number of carbonyl (C=O) groups is 2. The number of nitrogens with one attached hydrogen (secondary N) is 2. The van der Waals surface area contributed by atoms with E-state index in [-0.39, 0.29) is 11.3 Å². The van der Waals surface area contributed by atoms with Crippen LogP contribution in [-0.4, -0.2) is 30.8 Å². The predicted molar refractivity (Wildman–Crippen MR) is 88.8 cm³/mol. The van der Waals surface area contributed by atoms with E-state index in [0.717, 1.165) is 11.8 Å². The maximum atomic E-state index is 12.0. The zero-order valence-corrected chi connectivity index (χ0v) is 13.1. The Bertz CT molecular complexity index is 772. The largest absolute Gasteiger partial charge is 0.378 e. The Hall–Kier alpha value is -3.42. The Labute approximate surface area is 138 Å². The van der Waals surface area contributed by atoms with Crippen molar-refractivity contribution in [1.82, 2.24) is 10.9 Å². The molecule has 8 nitrogen and oxygen atoms in total. The summed E-state index contributed by atoms with van der Waals surface area (Å²) in [5.41, 5.74) is 5.69. The third-order valence-electron chi connectivity index (χ3n) is 3.25. The van der Waals surface area contributed by atoms with Crippen LogP contribution in [0.1, 0.15) is 20.7 Å². The zero-order chi connectivity index (χ0) is 17.7. The Balaban J connectivity index is 1.99. The Morgan fingerprint density at radius 2 is 1.54 bits per heavy atom. The maximum absolute atomic E-state index is 12.0. The maximum Gasteiger partial charge on any atom is 0.270 e. The molecule has 2 rings (SSSR count). The van der Waals surface area contributed by atoms with Crippen molar-refractivity contribution in [3.8, 4) is 0 Å². The van der Waals surface area contributed by atoms with E-state index in [1.807, 2.05) is 19.0 Å². The molecule has 24 heavy (non-hydrogen) atoms. The van der Waals surface area contributed by atoms with Crippen LogP contribution >= 0.6 is 0 Å². The third kappa shape index (κ3) is 4.07. The molecule has 0 aliphatic rings. The van der Waals surface area contributed by atoms with E-state index in [4.69, 9.17) is 0 Å². The van der Waals surface area contributed by atoms with Gasteiger partial charge in [0.1, 0.15) is 0 Å². The van der Waals surface area contributed by atoms with Crippen LogP contribution in [0, 0.1) is 10.1 Å². The molecule has 0 heterocycles. The highest BCUT2D eigenvalue weighted by Crippen LogP contribution is 2.13. The summed E-state index contributed by atoms with van der Waals surface area (Å²) >= 11 is 0.